The zero-order valence-corrected chi connectivity index (χ0v) is 17.4. The van der Waals surface area contributed by atoms with Crippen LogP contribution in [0.1, 0.15) is 11.8 Å². The number of aliphatic hydroxyl groups is 2. The molecule has 10 nitrogen and oxygen atoms in total. The minimum absolute atomic E-state index is 0.0908. The summed E-state index contributed by atoms with van der Waals surface area (Å²) >= 11 is 10.7. The van der Waals surface area contributed by atoms with Gasteiger partial charge in [-0.1, -0.05) is 29.8 Å². The first-order valence-electron chi connectivity index (χ1n) is 8.52. The lowest BCUT2D eigenvalue weighted by molar-refractivity contribution is -0.205. The highest BCUT2D eigenvalue weighted by Crippen LogP contribution is 2.55. The Morgan fingerprint density at radius 1 is 1.43 bits per heavy atom. The van der Waals surface area contributed by atoms with Gasteiger partial charge in [-0.25, -0.2) is 8.96 Å². The van der Waals surface area contributed by atoms with Crippen LogP contribution in [0.3, 0.4) is 0 Å². The molecule has 1 unspecified atom stereocenters. The Balaban J connectivity index is 1.52. The van der Waals surface area contributed by atoms with E-state index >= 15 is 4.39 Å². The van der Waals surface area contributed by atoms with Gasteiger partial charge in [0.05, 0.1) is 6.61 Å². The van der Waals surface area contributed by atoms with Crippen molar-refractivity contribution in [2.75, 3.05) is 6.61 Å². The molecule has 1 aromatic heterocycles. The van der Waals surface area contributed by atoms with Crippen LogP contribution >= 0.6 is 31.6 Å². The third kappa shape index (κ3) is 3.85. The second-order valence-electron chi connectivity index (χ2n) is 6.57. The molecule has 14 heteroatoms. The highest BCUT2D eigenvalue weighted by Gasteiger charge is 2.57. The van der Waals surface area contributed by atoms with E-state index in [9.17, 15) is 19.6 Å². The summed E-state index contributed by atoms with van der Waals surface area (Å²) in [6.07, 6.45) is -4.45. The maximum Gasteiger partial charge on any atom is 0.530 e. The van der Waals surface area contributed by atoms with Crippen molar-refractivity contribution in [3.05, 3.63) is 56.2 Å². The molecule has 3 heterocycles. The average molecular weight is 481 g/mol. The fourth-order valence-corrected chi connectivity index (χ4v) is 4.61. The van der Waals surface area contributed by atoms with Gasteiger partial charge < -0.3 is 19.5 Å². The number of alkyl halides is 1. The molecule has 2 aromatic rings. The van der Waals surface area contributed by atoms with Gasteiger partial charge in [-0.3, -0.25) is 23.4 Å². The zero-order valence-electron chi connectivity index (χ0n) is 14.9. The number of H-pyrrole nitrogens is 1. The Bertz CT molecular complexity index is 1140. The van der Waals surface area contributed by atoms with Crippen LogP contribution in [0.25, 0.3) is 0 Å². The number of aliphatic hydroxyl groups excluding tert-OH is 2. The highest BCUT2D eigenvalue weighted by atomic mass is 35.5. The first-order chi connectivity index (χ1) is 14.1. The summed E-state index contributed by atoms with van der Waals surface area (Å²) in [5, 5.41) is 20.1. The largest absolute Gasteiger partial charge is 0.530 e. The zero-order chi connectivity index (χ0) is 21.7. The summed E-state index contributed by atoms with van der Waals surface area (Å²) in [5.41, 5.74) is -0.0646. The van der Waals surface area contributed by atoms with Crippen LogP contribution in [0.2, 0.25) is 5.02 Å². The molecule has 162 valence electrons. The molecule has 3 N–H and O–H groups in total. The first-order valence-corrected chi connectivity index (χ1v) is 10.8. The van der Waals surface area contributed by atoms with Crippen molar-refractivity contribution in [1.82, 2.24) is 9.55 Å². The summed E-state index contributed by atoms with van der Waals surface area (Å²) in [6, 6.07) is 6.62. The summed E-state index contributed by atoms with van der Waals surface area (Å²) in [4.78, 5) is 13.7. The number of rotatable bonds is 4. The van der Waals surface area contributed by atoms with Crippen LogP contribution in [0.5, 0.6) is 5.75 Å². The van der Waals surface area contributed by atoms with Crippen LogP contribution in [-0.2, 0) is 25.0 Å². The number of aromatic nitrogens is 2. The van der Waals surface area contributed by atoms with Crippen LogP contribution in [0.4, 0.5) is 4.39 Å². The number of para-hydroxylation sites is 1. The molecule has 0 aliphatic carbocycles. The monoisotopic (exact) mass is 480 g/mol. The van der Waals surface area contributed by atoms with Crippen LogP contribution < -0.4 is 10.1 Å². The van der Waals surface area contributed by atoms with Crippen molar-refractivity contribution < 1.29 is 37.5 Å². The topological polar surface area (TPSA) is 132 Å². The average Bonchev–Trinajstić information content (AvgIpc) is 2.94. The molecule has 1 saturated heterocycles. The second-order valence-corrected chi connectivity index (χ2v) is 8.95. The molecule has 0 saturated carbocycles. The number of hydrogen-bond acceptors (Lipinski definition) is 9. The van der Waals surface area contributed by atoms with Crippen molar-refractivity contribution in [1.29, 1.82) is 0 Å². The molecule has 1 fully saturated rings. The lowest BCUT2D eigenvalue weighted by atomic mass is 10.1. The van der Waals surface area contributed by atoms with Gasteiger partial charge >= 0.3 is 7.82 Å². The van der Waals surface area contributed by atoms with E-state index in [1.165, 1.54) is 0 Å². The lowest BCUT2D eigenvalue weighted by Crippen LogP contribution is -2.43. The van der Waals surface area contributed by atoms with E-state index in [1.54, 1.807) is 24.3 Å². The van der Waals surface area contributed by atoms with E-state index in [0.717, 1.165) is 10.8 Å². The number of nitrogens with zero attached hydrogens (tertiary/aromatic N) is 1. The molecule has 1 aromatic carbocycles. The van der Waals surface area contributed by atoms with E-state index in [4.69, 9.17) is 42.1 Å². The number of phosphoric ester groups is 1. The molecule has 0 amide bonds. The van der Waals surface area contributed by atoms with Gasteiger partial charge in [0.25, 0.3) is 11.4 Å². The molecule has 2 aliphatic heterocycles. The Hall–Kier alpha value is -1.63. The Morgan fingerprint density at radius 2 is 2.17 bits per heavy atom. The quantitative estimate of drug-likeness (QED) is 0.445. The molecule has 5 atom stereocenters. The summed E-state index contributed by atoms with van der Waals surface area (Å²) in [6.45, 7) is -1.18. The third-order valence-electron chi connectivity index (χ3n) is 4.55. The van der Waals surface area contributed by atoms with Crippen molar-refractivity contribution >= 4 is 31.6 Å². The van der Waals surface area contributed by atoms with Gasteiger partial charge in [-0.15, -0.1) is 0 Å². The molecule has 2 aliphatic rings. The van der Waals surface area contributed by atoms with Gasteiger partial charge in [0.2, 0.25) is 0 Å². The molecular formula is C16H15ClFN2O8PS. The first kappa shape index (κ1) is 21.6. The van der Waals surface area contributed by atoms with Gasteiger partial charge in [-0.2, -0.15) is 0 Å². The summed E-state index contributed by atoms with van der Waals surface area (Å²) in [7, 11) is -4.21. The van der Waals surface area contributed by atoms with Gasteiger partial charge in [-0.05, 0) is 18.3 Å². The predicted octanol–water partition coefficient (Wildman–Crippen LogP) is 2.21. The van der Waals surface area contributed by atoms with E-state index < -0.39 is 44.3 Å². The third-order valence-corrected chi connectivity index (χ3v) is 6.45. The van der Waals surface area contributed by atoms with Crippen LogP contribution in [0.15, 0.2) is 35.3 Å². The molecular weight excluding hydrogens is 466 g/mol. The number of nitrogens with one attached hydrogen (secondary N) is 1. The molecule has 0 radical (unpaired) electrons. The Kier molecular flexibility index (Phi) is 5.62. The summed E-state index contributed by atoms with van der Waals surface area (Å²) < 4.78 is 49.1. The minimum Gasteiger partial charge on any atom is -0.404 e. The SMILES string of the molecule is O=c1[nH]c(=S)n([C@@H]2O[C@](F)(COP3(=O)OCc4ccccc4O3)[C@@H](O)[C@H]2O)cc1Cl. The highest BCUT2D eigenvalue weighted by molar-refractivity contribution is 7.71. The van der Waals surface area contributed by atoms with E-state index in [-0.39, 0.29) is 22.2 Å². The number of fused-ring (bicyclic) bond motifs is 1. The fourth-order valence-electron chi connectivity index (χ4n) is 2.98. The van der Waals surface area contributed by atoms with Crippen molar-refractivity contribution in [2.24, 2.45) is 0 Å². The maximum absolute atomic E-state index is 15.3. The van der Waals surface area contributed by atoms with Crippen LogP contribution in [-0.4, -0.2) is 44.4 Å². The van der Waals surface area contributed by atoms with Crippen molar-refractivity contribution in [3.63, 3.8) is 0 Å². The Morgan fingerprint density at radius 3 is 2.93 bits per heavy atom. The maximum atomic E-state index is 15.3. The number of aromatic amines is 1. The number of hydrogen-bond donors (Lipinski definition) is 3. The van der Waals surface area contributed by atoms with Gasteiger partial charge in [0, 0.05) is 11.8 Å². The van der Waals surface area contributed by atoms with Crippen molar-refractivity contribution in [3.8, 4) is 5.75 Å². The van der Waals surface area contributed by atoms with E-state index in [0.29, 0.717) is 5.56 Å². The van der Waals surface area contributed by atoms with Crippen LogP contribution in [0, 0.1) is 4.77 Å². The van der Waals surface area contributed by atoms with Gasteiger partial charge in [0.15, 0.2) is 11.0 Å². The normalized spacial score (nSPS) is 33.1. The van der Waals surface area contributed by atoms with Gasteiger partial charge in [0.1, 0.15) is 29.6 Å². The predicted molar refractivity (Wildman–Crippen MR) is 102 cm³/mol. The number of benzene rings is 1. The minimum atomic E-state index is -4.21. The molecule has 30 heavy (non-hydrogen) atoms. The fraction of sp³-hybridized carbons (Fsp3) is 0.375. The Labute approximate surface area is 178 Å². The molecule has 4 rings (SSSR count). The van der Waals surface area contributed by atoms with E-state index in [1.807, 2.05) is 0 Å². The lowest BCUT2D eigenvalue weighted by Gasteiger charge is -2.28. The molecule has 0 bridgehead atoms. The van der Waals surface area contributed by atoms with E-state index in [2.05, 4.69) is 4.98 Å². The summed E-state index contributed by atoms with van der Waals surface area (Å²) in [5.74, 6) is -2.75. The smallest absolute Gasteiger partial charge is 0.404 e. The number of phosphoric acid groups is 1. The molecule has 0 spiro atoms. The van der Waals surface area contributed by atoms with Crippen molar-refractivity contribution in [2.45, 2.75) is 30.9 Å². The second kappa shape index (κ2) is 7.81. The number of ether oxygens (including phenoxy) is 1. The standard InChI is InChI=1S/C16H15ClFN2O8PS/c17-9-5-20(15(30)19-13(9)23)14-11(21)12(22)16(18,27-14)7-26-29(24)25-6-8-3-1-2-4-10(8)28-29/h1-5,11-12,14,21-22H,6-7H2,(H,19,23,30)/t11-,12+,14-,16-,29?/m1/s1. The number of halogens is 2.